The van der Waals surface area contributed by atoms with Crippen LogP contribution in [-0.4, -0.2) is 34.6 Å². The number of amides is 1. The molecule has 1 fully saturated rings. The second-order valence-corrected chi connectivity index (χ2v) is 7.85. The summed E-state index contributed by atoms with van der Waals surface area (Å²) in [4.78, 5) is 13.7. The van der Waals surface area contributed by atoms with Crippen LogP contribution >= 0.6 is 11.8 Å². The molecule has 28 heavy (non-hydrogen) atoms. The van der Waals surface area contributed by atoms with Crippen LogP contribution in [0.15, 0.2) is 65.7 Å². The summed E-state index contributed by atoms with van der Waals surface area (Å²) in [5.41, 5.74) is 3.83. The van der Waals surface area contributed by atoms with Gasteiger partial charge in [-0.05, 0) is 42.2 Å². The van der Waals surface area contributed by atoms with E-state index in [9.17, 15) is 4.79 Å². The van der Waals surface area contributed by atoms with E-state index in [1.807, 2.05) is 54.6 Å². The first-order valence-corrected chi connectivity index (χ1v) is 10.5. The van der Waals surface area contributed by atoms with Gasteiger partial charge in [0, 0.05) is 30.0 Å². The van der Waals surface area contributed by atoms with Crippen molar-refractivity contribution >= 4 is 17.7 Å². The minimum atomic E-state index is -0.0481. The zero-order chi connectivity index (χ0) is 19.2. The van der Waals surface area contributed by atoms with Crippen LogP contribution in [0.3, 0.4) is 0 Å². The number of aromatic nitrogens is 2. The summed E-state index contributed by atoms with van der Waals surface area (Å²) < 4.78 is 5.69. The van der Waals surface area contributed by atoms with Crippen molar-refractivity contribution < 1.29 is 9.53 Å². The predicted octanol–water partition coefficient (Wildman–Crippen LogP) is 4.28. The summed E-state index contributed by atoms with van der Waals surface area (Å²) in [5.74, 6) is 0.840. The van der Waals surface area contributed by atoms with Gasteiger partial charge in [0.25, 0.3) is 5.91 Å². The molecule has 1 aromatic heterocycles. The first-order chi connectivity index (χ1) is 13.8. The van der Waals surface area contributed by atoms with E-state index in [2.05, 4.69) is 15.5 Å². The lowest BCUT2D eigenvalue weighted by atomic mass is 10.1. The van der Waals surface area contributed by atoms with Crippen LogP contribution in [0, 0.1) is 0 Å². The highest BCUT2D eigenvalue weighted by atomic mass is 32.2. The molecule has 6 heteroatoms. The Hall–Kier alpha value is -2.57. The van der Waals surface area contributed by atoms with Crippen LogP contribution in [0.25, 0.3) is 11.3 Å². The third-order valence-corrected chi connectivity index (χ3v) is 6.00. The van der Waals surface area contributed by atoms with Gasteiger partial charge in [-0.25, -0.2) is 0 Å². The standard InChI is InChI=1S/C22H23N3O2S/c26-22(19-5-1-2-6-21(19)28-15-18-4-3-13-27-18)23-14-16-7-9-17(10-8-16)20-11-12-24-25-20/h1-2,5-12,18H,3-4,13-15H2,(H,23,26)(H,24,25)/t18-/m0/s1. The third-order valence-electron chi connectivity index (χ3n) is 4.80. The topological polar surface area (TPSA) is 67.0 Å². The Morgan fingerprint density at radius 2 is 2.04 bits per heavy atom. The molecule has 0 unspecified atom stereocenters. The molecule has 2 heterocycles. The molecule has 0 saturated carbocycles. The zero-order valence-electron chi connectivity index (χ0n) is 15.6. The third kappa shape index (κ3) is 4.64. The summed E-state index contributed by atoms with van der Waals surface area (Å²) in [7, 11) is 0. The van der Waals surface area contributed by atoms with Crippen molar-refractivity contribution in [1.82, 2.24) is 15.5 Å². The Bertz CT molecular complexity index is 904. The number of nitrogens with zero attached hydrogens (tertiary/aromatic N) is 1. The number of benzene rings is 2. The molecule has 1 aliphatic rings. The fourth-order valence-electron chi connectivity index (χ4n) is 3.23. The van der Waals surface area contributed by atoms with Crippen LogP contribution in [-0.2, 0) is 11.3 Å². The van der Waals surface area contributed by atoms with Crippen LogP contribution in [0.2, 0.25) is 0 Å². The smallest absolute Gasteiger partial charge is 0.252 e. The predicted molar refractivity (Wildman–Crippen MR) is 111 cm³/mol. The quantitative estimate of drug-likeness (QED) is 0.588. The summed E-state index contributed by atoms with van der Waals surface area (Å²) >= 11 is 1.70. The molecule has 3 aromatic rings. The van der Waals surface area contributed by atoms with Crippen LogP contribution in [0.4, 0.5) is 0 Å². The fraction of sp³-hybridized carbons (Fsp3) is 0.273. The molecule has 0 aliphatic carbocycles. The molecule has 4 rings (SSSR count). The van der Waals surface area contributed by atoms with Gasteiger partial charge >= 0.3 is 0 Å². The van der Waals surface area contributed by atoms with Gasteiger partial charge in [-0.15, -0.1) is 11.8 Å². The summed E-state index contributed by atoms with van der Waals surface area (Å²) in [6.07, 6.45) is 4.27. The Balaban J connectivity index is 1.35. The molecule has 144 valence electrons. The summed E-state index contributed by atoms with van der Waals surface area (Å²) in [6, 6.07) is 17.8. The number of carbonyl (C=O) groups excluding carboxylic acids is 1. The number of aromatic amines is 1. The average Bonchev–Trinajstić information content (AvgIpc) is 3.45. The molecule has 1 saturated heterocycles. The minimum Gasteiger partial charge on any atom is -0.377 e. The van der Waals surface area contributed by atoms with Gasteiger partial charge in [0.1, 0.15) is 0 Å². The van der Waals surface area contributed by atoms with E-state index in [0.29, 0.717) is 12.6 Å². The molecule has 0 spiro atoms. The van der Waals surface area contributed by atoms with Crippen molar-refractivity contribution in [2.24, 2.45) is 0 Å². The maximum absolute atomic E-state index is 12.7. The van der Waals surface area contributed by atoms with E-state index in [-0.39, 0.29) is 5.91 Å². The number of hydrogen-bond donors (Lipinski definition) is 2. The SMILES string of the molecule is O=C(NCc1ccc(-c2ccn[nH]2)cc1)c1ccccc1SC[C@@H]1CCCO1. The second kappa shape index (κ2) is 9.08. The highest BCUT2D eigenvalue weighted by molar-refractivity contribution is 7.99. The zero-order valence-corrected chi connectivity index (χ0v) is 16.4. The monoisotopic (exact) mass is 393 g/mol. The van der Waals surface area contributed by atoms with Crippen molar-refractivity contribution in [3.8, 4) is 11.3 Å². The first kappa shape index (κ1) is 18.8. The van der Waals surface area contributed by atoms with E-state index in [1.165, 1.54) is 0 Å². The van der Waals surface area contributed by atoms with Crippen LogP contribution in [0.5, 0.6) is 0 Å². The minimum absolute atomic E-state index is 0.0481. The van der Waals surface area contributed by atoms with Crippen molar-refractivity contribution in [3.05, 3.63) is 71.9 Å². The van der Waals surface area contributed by atoms with E-state index in [4.69, 9.17) is 4.74 Å². The lowest BCUT2D eigenvalue weighted by Crippen LogP contribution is -2.23. The van der Waals surface area contributed by atoms with Crippen LogP contribution in [0.1, 0.15) is 28.8 Å². The Kier molecular flexibility index (Phi) is 6.09. The van der Waals surface area contributed by atoms with Crippen molar-refractivity contribution in [1.29, 1.82) is 0 Å². The number of rotatable bonds is 7. The number of carbonyl (C=O) groups is 1. The fourth-order valence-corrected chi connectivity index (χ4v) is 4.35. The van der Waals surface area contributed by atoms with Crippen LogP contribution < -0.4 is 5.32 Å². The average molecular weight is 394 g/mol. The number of nitrogens with one attached hydrogen (secondary N) is 2. The van der Waals surface area contributed by atoms with Gasteiger partial charge in [0.2, 0.25) is 0 Å². The van der Waals surface area contributed by atoms with E-state index in [0.717, 1.165) is 52.5 Å². The number of ether oxygens (including phenoxy) is 1. The van der Waals surface area contributed by atoms with Crippen molar-refractivity contribution in [3.63, 3.8) is 0 Å². The highest BCUT2D eigenvalue weighted by Crippen LogP contribution is 2.27. The van der Waals surface area contributed by atoms with Gasteiger partial charge in [0.15, 0.2) is 0 Å². The van der Waals surface area contributed by atoms with Gasteiger partial charge in [0.05, 0.1) is 17.4 Å². The molecular weight excluding hydrogens is 370 g/mol. The molecule has 2 N–H and O–H groups in total. The summed E-state index contributed by atoms with van der Waals surface area (Å²) in [5, 5.41) is 9.96. The largest absolute Gasteiger partial charge is 0.377 e. The maximum Gasteiger partial charge on any atom is 0.252 e. The van der Waals surface area contributed by atoms with E-state index >= 15 is 0 Å². The van der Waals surface area contributed by atoms with E-state index in [1.54, 1.807) is 18.0 Å². The first-order valence-electron chi connectivity index (χ1n) is 9.50. The number of hydrogen-bond acceptors (Lipinski definition) is 4. The lowest BCUT2D eigenvalue weighted by molar-refractivity contribution is 0.0948. The Labute approximate surface area is 168 Å². The van der Waals surface area contributed by atoms with E-state index < -0.39 is 0 Å². The molecule has 1 amide bonds. The molecular formula is C22H23N3O2S. The van der Waals surface area contributed by atoms with Gasteiger partial charge in [-0.2, -0.15) is 5.10 Å². The Morgan fingerprint density at radius 1 is 1.18 bits per heavy atom. The summed E-state index contributed by atoms with van der Waals surface area (Å²) in [6.45, 7) is 1.35. The molecule has 1 atom stereocenters. The molecule has 0 radical (unpaired) electrons. The number of H-pyrrole nitrogens is 1. The lowest BCUT2D eigenvalue weighted by Gasteiger charge is -2.12. The molecule has 1 aliphatic heterocycles. The molecule has 0 bridgehead atoms. The van der Waals surface area contributed by atoms with Crippen molar-refractivity contribution in [2.45, 2.75) is 30.4 Å². The van der Waals surface area contributed by atoms with Gasteiger partial charge in [-0.3, -0.25) is 9.89 Å². The van der Waals surface area contributed by atoms with Gasteiger partial charge in [-0.1, -0.05) is 36.4 Å². The molecule has 5 nitrogen and oxygen atoms in total. The van der Waals surface area contributed by atoms with Crippen molar-refractivity contribution in [2.75, 3.05) is 12.4 Å². The normalized spacial score (nSPS) is 16.2. The second-order valence-electron chi connectivity index (χ2n) is 6.79. The maximum atomic E-state index is 12.7. The highest BCUT2D eigenvalue weighted by Gasteiger charge is 2.17. The molecule has 2 aromatic carbocycles. The van der Waals surface area contributed by atoms with Gasteiger partial charge < -0.3 is 10.1 Å². The Morgan fingerprint density at radius 3 is 2.79 bits per heavy atom. The number of thioether (sulfide) groups is 1.